The summed E-state index contributed by atoms with van der Waals surface area (Å²) in [5, 5.41) is 0. The molecule has 0 aliphatic rings. The fourth-order valence-corrected chi connectivity index (χ4v) is 1.48. The van der Waals surface area contributed by atoms with Crippen LogP contribution in [0.3, 0.4) is 0 Å². The van der Waals surface area contributed by atoms with E-state index in [4.69, 9.17) is 4.74 Å². The van der Waals surface area contributed by atoms with E-state index in [1.807, 2.05) is 20.8 Å². The Kier molecular flexibility index (Phi) is 3.83. The number of hydrogen-bond acceptors (Lipinski definition) is 2. The van der Waals surface area contributed by atoms with Crippen LogP contribution in [0.5, 0.6) is 5.75 Å². The van der Waals surface area contributed by atoms with Gasteiger partial charge in [-0.2, -0.15) is 0 Å². The Morgan fingerprint density at radius 2 is 2.06 bits per heavy atom. The summed E-state index contributed by atoms with van der Waals surface area (Å²) in [6.45, 7) is 6.09. The summed E-state index contributed by atoms with van der Waals surface area (Å²) in [7, 11) is 0. The van der Waals surface area contributed by atoms with Crippen molar-refractivity contribution in [3.05, 3.63) is 23.5 Å². The number of aromatic nitrogens is 1. The molecular weight excluding hydrogens is 212 g/mol. The summed E-state index contributed by atoms with van der Waals surface area (Å²) in [6, 6.07) is 1.62. The molecule has 0 aliphatic heterocycles. The van der Waals surface area contributed by atoms with Crippen LogP contribution in [0.1, 0.15) is 37.9 Å². The van der Waals surface area contributed by atoms with Gasteiger partial charge >= 0.3 is 0 Å². The second-order valence-electron chi connectivity index (χ2n) is 4.33. The van der Waals surface area contributed by atoms with Gasteiger partial charge in [-0.3, -0.25) is 4.98 Å². The highest BCUT2D eigenvalue weighted by Gasteiger charge is 2.22. The molecule has 1 heterocycles. The topological polar surface area (TPSA) is 22.1 Å². The van der Waals surface area contributed by atoms with Crippen molar-refractivity contribution >= 4 is 0 Å². The Hall–Kier alpha value is -1.19. The zero-order valence-electron chi connectivity index (χ0n) is 10.1. The van der Waals surface area contributed by atoms with Gasteiger partial charge in [0.15, 0.2) is 6.61 Å². The first-order chi connectivity index (χ1) is 7.31. The van der Waals surface area contributed by atoms with Gasteiger partial charge < -0.3 is 4.74 Å². The predicted octanol–water partition coefficient (Wildman–Crippen LogP) is 3.55. The third-order valence-corrected chi connectivity index (χ3v) is 2.22. The molecule has 1 aromatic heterocycles. The fraction of sp³-hybridized carbons (Fsp3) is 0.583. The van der Waals surface area contributed by atoms with E-state index in [0.29, 0.717) is 5.75 Å². The van der Waals surface area contributed by atoms with Crippen LogP contribution < -0.4 is 4.74 Å². The molecule has 0 radical (unpaired) electrons. The lowest BCUT2D eigenvalue weighted by atomic mass is 10.0. The van der Waals surface area contributed by atoms with E-state index in [-0.39, 0.29) is 5.92 Å². The molecule has 0 aliphatic carbocycles. The normalized spacial score (nSPS) is 11.9. The summed E-state index contributed by atoms with van der Waals surface area (Å²) in [6.07, 6.45) is 1.59. The van der Waals surface area contributed by atoms with E-state index >= 15 is 0 Å². The SMILES string of the molecule is Cc1c(OCC(C)(F)F)ccnc1C(C)C. The van der Waals surface area contributed by atoms with E-state index < -0.39 is 12.5 Å². The van der Waals surface area contributed by atoms with Gasteiger partial charge in [0, 0.05) is 24.4 Å². The van der Waals surface area contributed by atoms with Crippen LogP contribution in [0.4, 0.5) is 8.78 Å². The first-order valence-corrected chi connectivity index (χ1v) is 5.27. The maximum Gasteiger partial charge on any atom is 0.278 e. The molecule has 0 spiro atoms. The minimum absolute atomic E-state index is 0.255. The number of ether oxygens (including phenoxy) is 1. The first kappa shape index (κ1) is 12.9. The zero-order chi connectivity index (χ0) is 12.3. The molecule has 0 bridgehead atoms. The van der Waals surface area contributed by atoms with E-state index in [9.17, 15) is 8.78 Å². The molecule has 16 heavy (non-hydrogen) atoms. The van der Waals surface area contributed by atoms with Crippen molar-refractivity contribution in [3.63, 3.8) is 0 Å². The third kappa shape index (κ3) is 3.43. The predicted molar refractivity (Wildman–Crippen MR) is 59.2 cm³/mol. The number of halogens is 2. The van der Waals surface area contributed by atoms with Gasteiger partial charge in [-0.15, -0.1) is 0 Å². The van der Waals surface area contributed by atoms with Gasteiger partial charge in [0.05, 0.1) is 0 Å². The Balaban J connectivity index is 2.85. The fourth-order valence-electron chi connectivity index (χ4n) is 1.48. The number of rotatable bonds is 4. The highest BCUT2D eigenvalue weighted by atomic mass is 19.3. The van der Waals surface area contributed by atoms with Crippen molar-refractivity contribution in [1.82, 2.24) is 4.98 Å². The lowest BCUT2D eigenvalue weighted by Crippen LogP contribution is -2.21. The van der Waals surface area contributed by atoms with Crippen molar-refractivity contribution in [1.29, 1.82) is 0 Å². The Bertz CT molecular complexity index is 359. The maximum atomic E-state index is 12.7. The number of pyridine rings is 1. The van der Waals surface area contributed by atoms with Crippen molar-refractivity contribution in [3.8, 4) is 5.75 Å². The van der Waals surface area contributed by atoms with Crippen LogP contribution in [-0.2, 0) is 0 Å². The van der Waals surface area contributed by atoms with Crippen LogP contribution in [0.15, 0.2) is 12.3 Å². The Morgan fingerprint density at radius 3 is 2.56 bits per heavy atom. The molecule has 0 unspecified atom stereocenters. The molecule has 0 aromatic carbocycles. The quantitative estimate of drug-likeness (QED) is 0.787. The molecule has 2 nitrogen and oxygen atoms in total. The highest BCUT2D eigenvalue weighted by Crippen LogP contribution is 2.26. The van der Waals surface area contributed by atoms with Gasteiger partial charge in [0.2, 0.25) is 0 Å². The molecule has 1 aromatic rings. The third-order valence-electron chi connectivity index (χ3n) is 2.22. The second-order valence-corrected chi connectivity index (χ2v) is 4.33. The number of hydrogen-bond donors (Lipinski definition) is 0. The molecule has 0 saturated carbocycles. The van der Waals surface area contributed by atoms with Crippen LogP contribution in [0.2, 0.25) is 0 Å². The first-order valence-electron chi connectivity index (χ1n) is 5.27. The maximum absolute atomic E-state index is 12.7. The molecular formula is C12H17F2NO. The molecule has 0 saturated heterocycles. The summed E-state index contributed by atoms with van der Waals surface area (Å²) >= 11 is 0. The summed E-state index contributed by atoms with van der Waals surface area (Å²) in [5.41, 5.74) is 1.72. The van der Waals surface area contributed by atoms with Crippen molar-refractivity contribution in [2.24, 2.45) is 0 Å². The van der Waals surface area contributed by atoms with Gasteiger partial charge in [0.1, 0.15) is 5.75 Å². The monoisotopic (exact) mass is 229 g/mol. The molecule has 4 heteroatoms. The largest absolute Gasteiger partial charge is 0.487 e. The summed E-state index contributed by atoms with van der Waals surface area (Å²) in [4.78, 5) is 4.22. The van der Waals surface area contributed by atoms with E-state index in [0.717, 1.165) is 18.2 Å². The molecule has 1 rings (SSSR count). The zero-order valence-corrected chi connectivity index (χ0v) is 10.1. The highest BCUT2D eigenvalue weighted by molar-refractivity contribution is 5.35. The van der Waals surface area contributed by atoms with Gasteiger partial charge in [0.25, 0.3) is 5.92 Å². The second kappa shape index (κ2) is 4.76. The lowest BCUT2D eigenvalue weighted by molar-refractivity contribution is -0.0231. The smallest absolute Gasteiger partial charge is 0.278 e. The summed E-state index contributed by atoms with van der Waals surface area (Å²) < 4.78 is 30.4. The van der Waals surface area contributed by atoms with E-state index in [2.05, 4.69) is 4.98 Å². The molecule has 0 fully saturated rings. The van der Waals surface area contributed by atoms with Crippen LogP contribution in [-0.4, -0.2) is 17.5 Å². The van der Waals surface area contributed by atoms with Crippen LogP contribution in [0, 0.1) is 6.92 Å². The van der Waals surface area contributed by atoms with Crippen molar-refractivity contribution < 1.29 is 13.5 Å². The lowest BCUT2D eigenvalue weighted by Gasteiger charge is -2.16. The van der Waals surface area contributed by atoms with Crippen LogP contribution >= 0.6 is 0 Å². The Labute approximate surface area is 94.7 Å². The average Bonchev–Trinajstić information content (AvgIpc) is 2.14. The van der Waals surface area contributed by atoms with Gasteiger partial charge in [-0.1, -0.05) is 13.8 Å². The van der Waals surface area contributed by atoms with Gasteiger partial charge in [-0.05, 0) is 18.9 Å². The minimum Gasteiger partial charge on any atom is -0.487 e. The molecule has 0 amide bonds. The Morgan fingerprint density at radius 1 is 1.44 bits per heavy atom. The average molecular weight is 229 g/mol. The summed E-state index contributed by atoms with van der Waals surface area (Å²) in [5.74, 6) is -2.07. The number of nitrogens with zero attached hydrogens (tertiary/aromatic N) is 1. The van der Waals surface area contributed by atoms with E-state index in [1.165, 1.54) is 0 Å². The van der Waals surface area contributed by atoms with E-state index in [1.54, 1.807) is 12.3 Å². The molecule has 0 atom stereocenters. The molecule has 0 N–H and O–H groups in total. The van der Waals surface area contributed by atoms with Crippen LogP contribution in [0.25, 0.3) is 0 Å². The number of alkyl halides is 2. The van der Waals surface area contributed by atoms with Gasteiger partial charge in [-0.25, -0.2) is 8.78 Å². The standard InChI is InChI=1S/C12H17F2NO/c1-8(2)11-9(3)10(5-6-15-11)16-7-12(4,13)14/h5-6,8H,7H2,1-4H3. The minimum atomic E-state index is -2.81. The van der Waals surface area contributed by atoms with Crippen molar-refractivity contribution in [2.75, 3.05) is 6.61 Å². The van der Waals surface area contributed by atoms with Crippen molar-refractivity contribution in [2.45, 2.75) is 39.5 Å². The molecule has 90 valence electrons.